The summed E-state index contributed by atoms with van der Waals surface area (Å²) in [4.78, 5) is 0. The van der Waals surface area contributed by atoms with Crippen molar-refractivity contribution in [3.05, 3.63) is 47.8 Å². The van der Waals surface area contributed by atoms with Crippen molar-refractivity contribution < 1.29 is 17.1 Å². The molecule has 0 radical (unpaired) electrons. The maximum Gasteiger partial charge on any atom is 0.00908 e. The van der Waals surface area contributed by atoms with Crippen LogP contribution in [0.5, 0.6) is 0 Å². The summed E-state index contributed by atoms with van der Waals surface area (Å²) in [5, 5.41) is 2.01. The molecule has 0 aromatic heterocycles. The third kappa shape index (κ3) is 8.92. The van der Waals surface area contributed by atoms with E-state index in [2.05, 4.69) is 49.5 Å². The molecule has 0 nitrogen and oxygen atoms in total. The Morgan fingerprint density at radius 1 is 0.564 bits per heavy atom. The fraction of sp³-hybridized carbons (Fsp3) is 0.778. The zero-order valence-electron chi connectivity index (χ0n) is 25.1. The van der Waals surface area contributed by atoms with E-state index in [0.717, 1.165) is 40.6 Å². The molecule has 4 saturated carbocycles. The molecule has 6 rings (SSSR count). The quantitative estimate of drug-likeness (QED) is 0.199. The molecule has 6 aliphatic carbocycles. The molecule has 6 aliphatic rings. The van der Waals surface area contributed by atoms with Crippen LogP contribution in [0.25, 0.3) is 0 Å². The zero-order chi connectivity index (χ0) is 26.0. The minimum Gasteiger partial charge on any atom is -0.0965 e. The first-order valence-electron chi connectivity index (χ1n) is 17.1. The van der Waals surface area contributed by atoms with Gasteiger partial charge in [-0.15, -0.1) is 0 Å². The molecule has 0 aliphatic heterocycles. The molecule has 1 unspecified atom stereocenters. The van der Waals surface area contributed by atoms with E-state index in [1.54, 1.807) is 51.4 Å². The van der Waals surface area contributed by atoms with Crippen molar-refractivity contribution in [1.82, 2.24) is 0 Å². The molecule has 3 heteroatoms. The molecule has 4 fully saturated rings. The number of hydrogen-bond acceptors (Lipinski definition) is 0. The molecule has 0 aromatic carbocycles. The second kappa shape index (κ2) is 17.5. The molecule has 0 heterocycles. The van der Waals surface area contributed by atoms with Gasteiger partial charge in [-0.2, -0.15) is 0 Å². The summed E-state index contributed by atoms with van der Waals surface area (Å²) in [5.74, 6) is 0.815. The second-order valence-electron chi connectivity index (χ2n) is 13.4. The van der Waals surface area contributed by atoms with E-state index in [0.29, 0.717) is 0 Å². The summed E-state index contributed by atoms with van der Waals surface area (Å²) in [7, 11) is 0.242. The summed E-state index contributed by atoms with van der Waals surface area (Å²) in [5.41, 5.74) is 5.25. The average molecular weight is 609 g/mol. The largest absolute Gasteiger partial charge is 0.0965 e. The van der Waals surface area contributed by atoms with Crippen molar-refractivity contribution in [2.45, 2.75) is 170 Å². The predicted molar refractivity (Wildman–Crippen MR) is 174 cm³/mol. The molecular formula is C36H58FeP2. The van der Waals surface area contributed by atoms with E-state index in [-0.39, 0.29) is 32.9 Å². The van der Waals surface area contributed by atoms with Gasteiger partial charge in [-0.3, -0.25) is 0 Å². The molecule has 0 N–H and O–H groups in total. The van der Waals surface area contributed by atoms with E-state index in [1.165, 1.54) is 77.0 Å². The zero-order valence-corrected chi connectivity index (χ0v) is 28.0. The van der Waals surface area contributed by atoms with Gasteiger partial charge >= 0.3 is 0 Å². The van der Waals surface area contributed by atoms with Crippen molar-refractivity contribution in [3.63, 3.8) is 0 Å². The Hall–Kier alpha value is 0.339. The van der Waals surface area contributed by atoms with Gasteiger partial charge in [0, 0.05) is 23.0 Å². The van der Waals surface area contributed by atoms with Crippen LogP contribution in [0.15, 0.2) is 47.8 Å². The van der Waals surface area contributed by atoms with Crippen molar-refractivity contribution in [2.75, 3.05) is 0 Å². The predicted octanol–water partition coefficient (Wildman–Crippen LogP) is 12.2. The van der Waals surface area contributed by atoms with Crippen LogP contribution < -0.4 is 0 Å². The summed E-state index contributed by atoms with van der Waals surface area (Å²) < 4.78 is 0. The van der Waals surface area contributed by atoms with Gasteiger partial charge in [0.1, 0.15) is 0 Å². The summed E-state index contributed by atoms with van der Waals surface area (Å²) in [6, 6.07) is 0. The van der Waals surface area contributed by atoms with Crippen molar-refractivity contribution >= 4 is 15.8 Å². The Morgan fingerprint density at radius 3 is 1.36 bits per heavy atom. The summed E-state index contributed by atoms with van der Waals surface area (Å²) in [6.45, 7) is 2.76. The average Bonchev–Trinajstić information content (AvgIpc) is 3.72. The van der Waals surface area contributed by atoms with Crippen LogP contribution in [-0.4, -0.2) is 28.3 Å². The molecule has 0 bridgehead atoms. The first-order chi connectivity index (χ1) is 18.8. The molecule has 220 valence electrons. The van der Waals surface area contributed by atoms with E-state index in [9.17, 15) is 0 Å². The first-order valence-corrected chi connectivity index (χ1v) is 20.1. The standard InChI is InChI=1S/C31H52P2.C5H6.Fe/c1-25(32(26-15-6-2-7-16-26)27-17-8-3-9-18-27)30-23-14-24-31(30)33(28-19-10-4-11-20-28)29-21-12-5-13-22-29;1-2-4-5-3-1;/h14,23-30H,2-13,15-22H2,1H3;1-4H,5H2;/t25-,30?;;/m1../s1. The van der Waals surface area contributed by atoms with Crippen LogP contribution in [0.2, 0.25) is 0 Å². The fourth-order valence-corrected chi connectivity index (χ4v) is 17.7. The van der Waals surface area contributed by atoms with Crippen molar-refractivity contribution in [1.29, 1.82) is 0 Å². The Morgan fingerprint density at radius 2 is 0.974 bits per heavy atom. The van der Waals surface area contributed by atoms with Crippen molar-refractivity contribution in [3.8, 4) is 0 Å². The van der Waals surface area contributed by atoms with Gasteiger partial charge in [0.05, 0.1) is 0 Å². The molecule has 0 aromatic rings. The van der Waals surface area contributed by atoms with Gasteiger partial charge in [-0.1, -0.05) is 142 Å². The first kappa shape index (κ1) is 32.3. The number of rotatable bonds is 7. The van der Waals surface area contributed by atoms with Crippen LogP contribution in [-0.2, 0) is 17.1 Å². The van der Waals surface area contributed by atoms with Crippen molar-refractivity contribution in [2.24, 2.45) is 5.92 Å². The third-order valence-electron chi connectivity index (χ3n) is 10.8. The van der Waals surface area contributed by atoms with E-state index in [1.807, 2.05) is 5.31 Å². The van der Waals surface area contributed by atoms with Crippen LogP contribution >= 0.6 is 15.8 Å². The number of allylic oxidation sites excluding steroid dienone is 8. The monoisotopic (exact) mass is 608 g/mol. The molecule has 0 saturated heterocycles. The fourth-order valence-electron chi connectivity index (χ4n) is 8.89. The minimum absolute atomic E-state index is 0. The van der Waals surface area contributed by atoms with Crippen LogP contribution in [0.4, 0.5) is 0 Å². The SMILES string of the molecule is C1=CCC=C1.C[C@H](C1C=CC=C1P(C1CCCCC1)C1CCCCC1)P(C1CCCCC1)C1CCCCC1.[Fe]. The Bertz CT molecular complexity index is 758. The van der Waals surface area contributed by atoms with E-state index in [4.69, 9.17) is 0 Å². The normalized spacial score (nSPS) is 27.9. The minimum atomic E-state index is 0. The summed E-state index contributed by atoms with van der Waals surface area (Å²) in [6.07, 6.45) is 48.2. The van der Waals surface area contributed by atoms with Gasteiger partial charge in [-0.25, -0.2) is 0 Å². The topological polar surface area (TPSA) is 0 Å². The summed E-state index contributed by atoms with van der Waals surface area (Å²) >= 11 is 0. The smallest absolute Gasteiger partial charge is 0.00908 e. The Balaban J connectivity index is 0.000000530. The van der Waals surface area contributed by atoms with Crippen LogP contribution in [0.1, 0.15) is 142 Å². The van der Waals surface area contributed by atoms with E-state index < -0.39 is 0 Å². The molecular weight excluding hydrogens is 550 g/mol. The van der Waals surface area contributed by atoms with E-state index >= 15 is 0 Å². The van der Waals surface area contributed by atoms with Gasteiger partial charge in [0.15, 0.2) is 0 Å². The Kier molecular flexibility index (Phi) is 14.4. The molecule has 0 spiro atoms. The van der Waals surface area contributed by atoms with Crippen LogP contribution in [0, 0.1) is 5.92 Å². The maximum absolute atomic E-state index is 2.76. The van der Waals surface area contributed by atoms with Gasteiger partial charge in [-0.05, 0) is 91.4 Å². The van der Waals surface area contributed by atoms with Gasteiger partial charge in [0.2, 0.25) is 0 Å². The van der Waals surface area contributed by atoms with Gasteiger partial charge in [0.25, 0.3) is 0 Å². The van der Waals surface area contributed by atoms with Gasteiger partial charge < -0.3 is 0 Å². The third-order valence-corrected chi connectivity index (χ3v) is 18.4. The Labute approximate surface area is 255 Å². The number of hydrogen-bond donors (Lipinski definition) is 0. The maximum atomic E-state index is 2.76. The molecule has 2 atom stereocenters. The van der Waals surface area contributed by atoms with Crippen LogP contribution in [0.3, 0.4) is 0 Å². The molecule has 0 amide bonds. The second-order valence-corrected chi connectivity index (χ2v) is 19.3. The molecule has 39 heavy (non-hydrogen) atoms.